The van der Waals surface area contributed by atoms with Gasteiger partial charge in [0, 0.05) is 0 Å². The molecule has 0 aromatic heterocycles. The molecule has 0 radical (unpaired) electrons. The van der Waals surface area contributed by atoms with Gasteiger partial charge in [0.2, 0.25) is 5.75 Å². The number of rotatable bonds is 3. The number of hydrogen-bond acceptors (Lipinski definition) is 8. The molecule has 11 nitrogen and oxygen atoms in total. The van der Waals surface area contributed by atoms with Gasteiger partial charge in [0.25, 0.3) is 0 Å². The molecule has 0 N–H and O–H groups in total. The monoisotopic (exact) mass is 299 g/mol. The number of fused-ring (bicyclic) bond motifs is 1. The molecule has 0 aliphatic carbocycles. The van der Waals surface area contributed by atoms with E-state index in [4.69, 9.17) is 9.47 Å². The van der Waals surface area contributed by atoms with Gasteiger partial charge in [-0.05, 0) is 12.8 Å². The minimum atomic E-state index is -1.21. The van der Waals surface area contributed by atoms with Crippen molar-refractivity contribution in [1.82, 2.24) is 0 Å². The van der Waals surface area contributed by atoms with E-state index in [9.17, 15) is 30.3 Å². The lowest BCUT2D eigenvalue weighted by molar-refractivity contribution is -0.441. The van der Waals surface area contributed by atoms with Crippen molar-refractivity contribution in [2.24, 2.45) is 0 Å². The molecular formula is C10H9N3O8. The number of nitro benzene ring substituents is 3. The first kappa shape index (κ1) is 14.4. The zero-order chi connectivity index (χ0) is 15.6. The van der Waals surface area contributed by atoms with E-state index in [1.54, 1.807) is 0 Å². The SMILES string of the molecule is O=[N+]([O-])c1cc2c(c([N+](=O)[O-])c1[N+](=O)[O-])OCCCCO2. The van der Waals surface area contributed by atoms with Crippen LogP contribution in [0.25, 0.3) is 0 Å². The van der Waals surface area contributed by atoms with E-state index < -0.39 is 37.6 Å². The minimum Gasteiger partial charge on any atom is -0.489 e. The van der Waals surface area contributed by atoms with Crippen LogP contribution in [0.2, 0.25) is 0 Å². The molecule has 0 atom stereocenters. The van der Waals surface area contributed by atoms with Gasteiger partial charge >= 0.3 is 17.1 Å². The smallest absolute Gasteiger partial charge is 0.426 e. The van der Waals surface area contributed by atoms with Gasteiger partial charge < -0.3 is 9.47 Å². The summed E-state index contributed by atoms with van der Waals surface area (Å²) >= 11 is 0. The summed E-state index contributed by atoms with van der Waals surface area (Å²) in [4.78, 5) is 29.7. The van der Waals surface area contributed by atoms with Crippen molar-refractivity contribution < 1.29 is 24.2 Å². The number of benzene rings is 1. The van der Waals surface area contributed by atoms with Gasteiger partial charge in [-0.25, -0.2) is 0 Å². The highest BCUT2D eigenvalue weighted by Crippen LogP contribution is 2.49. The lowest BCUT2D eigenvalue weighted by atomic mass is 10.2. The van der Waals surface area contributed by atoms with Crippen LogP contribution < -0.4 is 9.47 Å². The first-order valence-electron chi connectivity index (χ1n) is 5.83. The van der Waals surface area contributed by atoms with Crippen LogP contribution in [0.5, 0.6) is 11.5 Å². The van der Waals surface area contributed by atoms with Gasteiger partial charge in [0.15, 0.2) is 5.75 Å². The van der Waals surface area contributed by atoms with Crippen molar-refractivity contribution in [3.63, 3.8) is 0 Å². The fourth-order valence-corrected chi connectivity index (χ4v) is 1.90. The molecule has 0 saturated carbocycles. The first-order valence-corrected chi connectivity index (χ1v) is 5.83. The van der Waals surface area contributed by atoms with E-state index in [0.29, 0.717) is 12.8 Å². The molecule has 1 aromatic rings. The number of ether oxygens (including phenoxy) is 2. The molecule has 0 spiro atoms. The van der Waals surface area contributed by atoms with Crippen molar-refractivity contribution in [1.29, 1.82) is 0 Å². The Kier molecular flexibility index (Phi) is 3.82. The molecule has 0 amide bonds. The summed E-state index contributed by atoms with van der Waals surface area (Å²) in [5, 5.41) is 33.0. The van der Waals surface area contributed by atoms with E-state index in [0.717, 1.165) is 6.07 Å². The van der Waals surface area contributed by atoms with Crippen LogP contribution in [-0.2, 0) is 0 Å². The molecule has 0 fully saturated rings. The molecule has 112 valence electrons. The van der Waals surface area contributed by atoms with Crippen LogP contribution in [0.4, 0.5) is 17.1 Å². The molecule has 1 aromatic carbocycles. The molecule has 0 saturated heterocycles. The summed E-state index contributed by atoms with van der Waals surface area (Å²) in [6, 6.07) is 0.784. The Balaban J connectivity index is 2.79. The van der Waals surface area contributed by atoms with Crippen LogP contribution >= 0.6 is 0 Å². The summed E-state index contributed by atoms with van der Waals surface area (Å²) in [7, 11) is 0. The lowest BCUT2D eigenvalue weighted by Crippen LogP contribution is -2.12. The number of hydrogen-bond donors (Lipinski definition) is 0. The van der Waals surface area contributed by atoms with Crippen molar-refractivity contribution >= 4 is 17.1 Å². The van der Waals surface area contributed by atoms with Crippen molar-refractivity contribution in [2.75, 3.05) is 13.2 Å². The number of nitro groups is 3. The highest BCUT2D eigenvalue weighted by molar-refractivity contribution is 5.76. The van der Waals surface area contributed by atoms with Crippen LogP contribution in [0.3, 0.4) is 0 Å². The second-order valence-electron chi connectivity index (χ2n) is 4.10. The molecule has 0 unspecified atom stereocenters. The van der Waals surface area contributed by atoms with Crippen LogP contribution in [0, 0.1) is 30.3 Å². The normalized spacial score (nSPS) is 13.9. The summed E-state index contributed by atoms with van der Waals surface area (Å²) < 4.78 is 10.3. The third kappa shape index (κ3) is 2.66. The third-order valence-electron chi connectivity index (χ3n) is 2.78. The Morgan fingerprint density at radius 3 is 1.95 bits per heavy atom. The molecule has 1 aliphatic rings. The van der Waals surface area contributed by atoms with Crippen molar-refractivity contribution in [3.05, 3.63) is 36.4 Å². The Morgan fingerprint density at radius 2 is 1.43 bits per heavy atom. The average Bonchev–Trinajstić information content (AvgIpc) is 2.37. The van der Waals surface area contributed by atoms with Crippen LogP contribution in [0.1, 0.15) is 12.8 Å². The Bertz CT molecular complexity index is 629. The second kappa shape index (κ2) is 5.56. The molecule has 1 aliphatic heterocycles. The Hall–Kier alpha value is -2.98. The molecule has 0 bridgehead atoms. The Labute approximate surface area is 116 Å². The van der Waals surface area contributed by atoms with Gasteiger partial charge in [0.05, 0.1) is 34.1 Å². The van der Waals surface area contributed by atoms with Gasteiger partial charge in [-0.1, -0.05) is 0 Å². The summed E-state index contributed by atoms with van der Waals surface area (Å²) in [5.74, 6) is -0.685. The lowest BCUT2D eigenvalue weighted by Gasteiger charge is -2.15. The van der Waals surface area contributed by atoms with E-state index in [1.165, 1.54) is 0 Å². The van der Waals surface area contributed by atoms with E-state index in [-0.39, 0.29) is 19.0 Å². The third-order valence-corrected chi connectivity index (χ3v) is 2.78. The van der Waals surface area contributed by atoms with Gasteiger partial charge in [-0.3, -0.25) is 30.3 Å². The number of nitrogens with zero attached hydrogens (tertiary/aromatic N) is 3. The van der Waals surface area contributed by atoms with Gasteiger partial charge in [0.1, 0.15) is 0 Å². The summed E-state index contributed by atoms with van der Waals surface area (Å²) in [6.45, 7) is 0.286. The standard InChI is InChI=1S/C10H9N3O8/c14-11(15)6-5-7-10(21-4-2-1-3-20-7)9(13(18)19)8(6)12(16)17/h5H,1-4H2. The highest BCUT2D eigenvalue weighted by atomic mass is 16.7. The van der Waals surface area contributed by atoms with E-state index >= 15 is 0 Å². The minimum absolute atomic E-state index is 0.103. The Morgan fingerprint density at radius 1 is 0.857 bits per heavy atom. The van der Waals surface area contributed by atoms with Crippen LogP contribution in [0.15, 0.2) is 6.07 Å². The maximum Gasteiger partial charge on any atom is 0.426 e. The van der Waals surface area contributed by atoms with E-state index in [1.807, 2.05) is 0 Å². The van der Waals surface area contributed by atoms with E-state index in [2.05, 4.69) is 0 Å². The molecule has 1 heterocycles. The predicted octanol–water partition coefficient (Wildman–Crippen LogP) is 1.96. The second-order valence-corrected chi connectivity index (χ2v) is 4.10. The first-order chi connectivity index (χ1) is 9.93. The average molecular weight is 299 g/mol. The highest BCUT2D eigenvalue weighted by Gasteiger charge is 2.43. The van der Waals surface area contributed by atoms with Gasteiger partial charge in [-0.2, -0.15) is 0 Å². The molecular weight excluding hydrogens is 290 g/mol. The fraction of sp³-hybridized carbons (Fsp3) is 0.400. The van der Waals surface area contributed by atoms with Crippen molar-refractivity contribution in [3.8, 4) is 11.5 Å². The summed E-state index contributed by atoms with van der Waals surface area (Å²) in [5.41, 5.74) is -3.28. The topological polar surface area (TPSA) is 148 Å². The quantitative estimate of drug-likeness (QED) is 0.607. The maximum absolute atomic E-state index is 11.1. The predicted molar refractivity (Wildman–Crippen MR) is 66.6 cm³/mol. The molecule has 11 heteroatoms. The zero-order valence-corrected chi connectivity index (χ0v) is 10.5. The molecule has 2 rings (SSSR count). The van der Waals surface area contributed by atoms with Crippen molar-refractivity contribution in [2.45, 2.75) is 12.8 Å². The van der Waals surface area contributed by atoms with Gasteiger partial charge in [-0.15, -0.1) is 0 Å². The maximum atomic E-state index is 11.1. The largest absolute Gasteiger partial charge is 0.489 e. The summed E-state index contributed by atoms with van der Waals surface area (Å²) in [6.07, 6.45) is 1.14. The van der Waals surface area contributed by atoms with Crippen LogP contribution in [-0.4, -0.2) is 28.0 Å². The zero-order valence-electron chi connectivity index (χ0n) is 10.5. The fourth-order valence-electron chi connectivity index (χ4n) is 1.90. The molecule has 21 heavy (non-hydrogen) atoms.